The summed E-state index contributed by atoms with van der Waals surface area (Å²) in [5.74, 6) is 0.765. The van der Waals surface area contributed by atoms with Gasteiger partial charge in [0.1, 0.15) is 0 Å². The van der Waals surface area contributed by atoms with Crippen LogP contribution in [0.1, 0.15) is 5.69 Å². The molecule has 0 atom stereocenters. The fraction of sp³-hybridized carbons (Fsp3) is 0.556. The number of sulfone groups is 1. The summed E-state index contributed by atoms with van der Waals surface area (Å²) < 4.78 is 22.5. The molecule has 6 nitrogen and oxygen atoms in total. The van der Waals surface area contributed by atoms with Gasteiger partial charge in [-0.25, -0.2) is 18.4 Å². The van der Waals surface area contributed by atoms with Crippen molar-refractivity contribution >= 4 is 15.8 Å². The molecule has 0 spiro atoms. The summed E-state index contributed by atoms with van der Waals surface area (Å²) in [6.45, 7) is 0.691. The Balaban J connectivity index is 2.13. The Morgan fingerprint density at radius 3 is 2.69 bits per heavy atom. The number of aliphatic hydroxyl groups is 1. The number of anilines is 1. The van der Waals surface area contributed by atoms with Gasteiger partial charge in [0.05, 0.1) is 23.8 Å². The molecule has 1 N–H and O–H groups in total. The third-order valence-electron chi connectivity index (χ3n) is 2.49. The van der Waals surface area contributed by atoms with Crippen molar-refractivity contribution in [2.45, 2.75) is 6.61 Å². The first-order chi connectivity index (χ1) is 7.61. The lowest BCUT2D eigenvalue weighted by Gasteiger charge is -2.26. The standard InChI is InChI=1S/C9H13N3O3S/c13-7-8-1-2-10-9(11-8)12-3-5-16(14,15)6-4-12/h1-2,13H,3-7H2. The van der Waals surface area contributed by atoms with Crippen LogP contribution in [0.5, 0.6) is 0 Å². The average molecular weight is 243 g/mol. The Morgan fingerprint density at radius 2 is 2.06 bits per heavy atom. The molecule has 2 rings (SSSR count). The molecule has 0 aromatic carbocycles. The van der Waals surface area contributed by atoms with Crippen molar-refractivity contribution in [1.82, 2.24) is 9.97 Å². The Labute approximate surface area is 93.9 Å². The van der Waals surface area contributed by atoms with E-state index >= 15 is 0 Å². The minimum Gasteiger partial charge on any atom is -0.390 e. The molecule has 16 heavy (non-hydrogen) atoms. The van der Waals surface area contributed by atoms with Gasteiger partial charge in [-0.05, 0) is 6.07 Å². The largest absolute Gasteiger partial charge is 0.390 e. The SMILES string of the molecule is O=S1(=O)CCN(c2nccc(CO)n2)CC1. The molecule has 0 radical (unpaired) electrons. The highest BCUT2D eigenvalue weighted by Gasteiger charge is 2.23. The summed E-state index contributed by atoms with van der Waals surface area (Å²) in [5, 5.41) is 8.94. The second-order valence-corrected chi connectivity index (χ2v) is 5.95. The maximum atomic E-state index is 11.2. The summed E-state index contributed by atoms with van der Waals surface area (Å²) >= 11 is 0. The van der Waals surface area contributed by atoms with Crippen LogP contribution < -0.4 is 4.90 Å². The van der Waals surface area contributed by atoms with Gasteiger partial charge >= 0.3 is 0 Å². The third kappa shape index (κ3) is 2.48. The monoisotopic (exact) mass is 243 g/mol. The summed E-state index contributed by atoms with van der Waals surface area (Å²) in [7, 11) is -2.89. The molecule has 0 unspecified atom stereocenters. The highest BCUT2D eigenvalue weighted by Crippen LogP contribution is 2.12. The fourth-order valence-electron chi connectivity index (χ4n) is 1.54. The molecule has 88 valence electrons. The van der Waals surface area contributed by atoms with Crippen LogP contribution in [0.4, 0.5) is 5.95 Å². The zero-order valence-corrected chi connectivity index (χ0v) is 9.52. The summed E-state index contributed by atoms with van der Waals surface area (Å²) in [6, 6.07) is 1.63. The molecule has 1 saturated heterocycles. The highest BCUT2D eigenvalue weighted by atomic mass is 32.2. The van der Waals surface area contributed by atoms with Crippen LogP contribution in [-0.4, -0.2) is 48.1 Å². The Morgan fingerprint density at radius 1 is 1.38 bits per heavy atom. The predicted octanol–water partition coefficient (Wildman–Crippen LogP) is -0.796. The zero-order valence-electron chi connectivity index (χ0n) is 8.70. The van der Waals surface area contributed by atoms with Crippen molar-refractivity contribution in [2.75, 3.05) is 29.5 Å². The van der Waals surface area contributed by atoms with Gasteiger partial charge in [-0.2, -0.15) is 0 Å². The topological polar surface area (TPSA) is 83.4 Å². The van der Waals surface area contributed by atoms with Gasteiger partial charge in [-0.15, -0.1) is 0 Å². The van der Waals surface area contributed by atoms with E-state index in [1.54, 1.807) is 12.3 Å². The highest BCUT2D eigenvalue weighted by molar-refractivity contribution is 7.91. The molecule has 1 aliphatic rings. The van der Waals surface area contributed by atoms with Crippen molar-refractivity contribution in [3.05, 3.63) is 18.0 Å². The van der Waals surface area contributed by atoms with E-state index in [4.69, 9.17) is 5.11 Å². The zero-order chi connectivity index (χ0) is 11.6. The molecule has 0 bridgehead atoms. The summed E-state index contributed by atoms with van der Waals surface area (Å²) in [4.78, 5) is 10.0. The van der Waals surface area contributed by atoms with Gasteiger partial charge in [-0.1, -0.05) is 0 Å². The van der Waals surface area contributed by atoms with Crippen molar-refractivity contribution in [1.29, 1.82) is 0 Å². The smallest absolute Gasteiger partial charge is 0.225 e. The molecule has 1 aromatic rings. The van der Waals surface area contributed by atoms with Gasteiger partial charge in [-0.3, -0.25) is 0 Å². The predicted molar refractivity (Wildman–Crippen MR) is 58.8 cm³/mol. The van der Waals surface area contributed by atoms with Crippen molar-refractivity contribution in [3.8, 4) is 0 Å². The number of aromatic nitrogens is 2. The molecule has 1 aliphatic heterocycles. The van der Waals surface area contributed by atoms with Crippen LogP contribution in [0.3, 0.4) is 0 Å². The van der Waals surface area contributed by atoms with Crippen molar-refractivity contribution in [2.24, 2.45) is 0 Å². The van der Waals surface area contributed by atoms with Crippen LogP contribution in [0, 0.1) is 0 Å². The number of aliphatic hydroxyl groups excluding tert-OH is 1. The second-order valence-electron chi connectivity index (χ2n) is 3.64. The van der Waals surface area contributed by atoms with E-state index in [1.165, 1.54) is 0 Å². The molecule has 0 saturated carbocycles. The minimum atomic E-state index is -2.89. The van der Waals surface area contributed by atoms with E-state index < -0.39 is 9.84 Å². The van der Waals surface area contributed by atoms with E-state index in [0.717, 1.165) is 0 Å². The minimum absolute atomic E-state index is 0.137. The Bertz CT molecular complexity index is 461. The Kier molecular flexibility index (Phi) is 3.06. The first kappa shape index (κ1) is 11.3. The maximum absolute atomic E-state index is 11.2. The van der Waals surface area contributed by atoms with Gasteiger partial charge in [0.15, 0.2) is 9.84 Å². The van der Waals surface area contributed by atoms with Crippen molar-refractivity contribution in [3.63, 3.8) is 0 Å². The van der Waals surface area contributed by atoms with E-state index in [2.05, 4.69) is 9.97 Å². The Hall–Kier alpha value is -1.21. The summed E-state index contributed by atoms with van der Waals surface area (Å²) in [6.07, 6.45) is 1.57. The van der Waals surface area contributed by atoms with Crippen LogP contribution >= 0.6 is 0 Å². The van der Waals surface area contributed by atoms with Crippen LogP contribution in [0.2, 0.25) is 0 Å². The quantitative estimate of drug-likeness (QED) is 0.732. The number of hydrogen-bond donors (Lipinski definition) is 1. The van der Waals surface area contributed by atoms with E-state index in [0.29, 0.717) is 24.7 Å². The molecule has 7 heteroatoms. The van der Waals surface area contributed by atoms with Gasteiger partial charge < -0.3 is 10.0 Å². The van der Waals surface area contributed by atoms with E-state index in [9.17, 15) is 8.42 Å². The van der Waals surface area contributed by atoms with E-state index in [-0.39, 0.29) is 18.1 Å². The molecule has 2 heterocycles. The normalized spacial score (nSPS) is 19.7. The number of hydrogen-bond acceptors (Lipinski definition) is 6. The van der Waals surface area contributed by atoms with Crippen molar-refractivity contribution < 1.29 is 13.5 Å². The lowest BCUT2D eigenvalue weighted by Crippen LogP contribution is -2.41. The van der Waals surface area contributed by atoms with E-state index in [1.807, 2.05) is 4.90 Å². The van der Waals surface area contributed by atoms with Crippen LogP contribution in [0.15, 0.2) is 12.3 Å². The van der Waals surface area contributed by atoms with Crippen LogP contribution in [0.25, 0.3) is 0 Å². The molecule has 1 fully saturated rings. The molecular weight excluding hydrogens is 230 g/mol. The van der Waals surface area contributed by atoms with Gasteiger partial charge in [0.25, 0.3) is 0 Å². The first-order valence-corrected chi connectivity index (χ1v) is 6.81. The molecule has 0 aliphatic carbocycles. The van der Waals surface area contributed by atoms with Gasteiger partial charge in [0.2, 0.25) is 5.95 Å². The summed E-state index contributed by atoms with van der Waals surface area (Å²) in [5.41, 5.74) is 0.540. The molecular formula is C9H13N3O3S. The lowest BCUT2D eigenvalue weighted by atomic mass is 10.4. The fourth-order valence-corrected chi connectivity index (χ4v) is 2.74. The third-order valence-corrected chi connectivity index (χ3v) is 4.10. The average Bonchev–Trinajstić information content (AvgIpc) is 2.29. The van der Waals surface area contributed by atoms with Crippen LogP contribution in [-0.2, 0) is 16.4 Å². The first-order valence-electron chi connectivity index (χ1n) is 4.99. The number of rotatable bonds is 2. The van der Waals surface area contributed by atoms with Gasteiger partial charge in [0, 0.05) is 19.3 Å². The number of nitrogens with zero attached hydrogens (tertiary/aromatic N) is 3. The molecule has 1 aromatic heterocycles. The molecule has 0 amide bonds. The second kappa shape index (κ2) is 4.34. The lowest BCUT2D eigenvalue weighted by molar-refractivity contribution is 0.276. The maximum Gasteiger partial charge on any atom is 0.225 e.